The van der Waals surface area contributed by atoms with E-state index in [1.54, 1.807) is 0 Å². The minimum atomic E-state index is 0.538. The van der Waals surface area contributed by atoms with Gasteiger partial charge in [0.25, 0.3) is 0 Å². The van der Waals surface area contributed by atoms with Gasteiger partial charge < -0.3 is 14.6 Å². The highest BCUT2D eigenvalue weighted by molar-refractivity contribution is 5.09. The zero-order chi connectivity index (χ0) is 12.5. The van der Waals surface area contributed by atoms with Crippen molar-refractivity contribution in [2.75, 3.05) is 13.2 Å². The molecule has 0 fully saturated rings. The standard InChI is InChI=1S/C14H26N2O/c1-4-5-9-17-10-8-16-7-6-14(12-16)11-15-13(2)3/h6-7,12-13,15H,4-5,8-11H2,1-3H3. The monoisotopic (exact) mass is 238 g/mol. The van der Waals surface area contributed by atoms with Gasteiger partial charge in [0.15, 0.2) is 0 Å². The molecule has 0 aliphatic heterocycles. The van der Waals surface area contributed by atoms with Crippen LogP contribution in [0.2, 0.25) is 0 Å². The topological polar surface area (TPSA) is 26.2 Å². The van der Waals surface area contributed by atoms with Crippen molar-refractivity contribution in [2.45, 2.75) is 52.7 Å². The molecule has 0 aliphatic carbocycles. The van der Waals surface area contributed by atoms with Crippen LogP contribution in [-0.2, 0) is 17.8 Å². The minimum absolute atomic E-state index is 0.538. The Morgan fingerprint density at radius 1 is 1.35 bits per heavy atom. The van der Waals surface area contributed by atoms with E-state index in [0.717, 1.165) is 32.7 Å². The van der Waals surface area contributed by atoms with E-state index in [2.05, 4.69) is 49.1 Å². The molecule has 0 bridgehead atoms. The third-order valence-electron chi connectivity index (χ3n) is 2.66. The first-order valence-corrected chi connectivity index (χ1v) is 6.68. The zero-order valence-corrected chi connectivity index (χ0v) is 11.4. The van der Waals surface area contributed by atoms with Gasteiger partial charge >= 0.3 is 0 Å². The van der Waals surface area contributed by atoms with Crippen molar-refractivity contribution >= 4 is 0 Å². The number of unbranched alkanes of at least 4 members (excludes halogenated alkanes) is 1. The van der Waals surface area contributed by atoms with Crippen LogP contribution in [0.25, 0.3) is 0 Å². The summed E-state index contributed by atoms with van der Waals surface area (Å²) in [6.45, 7) is 10.1. The molecule has 1 aromatic rings. The molecule has 1 N–H and O–H groups in total. The Bertz CT molecular complexity index is 294. The molecule has 0 unspecified atom stereocenters. The Morgan fingerprint density at radius 3 is 2.88 bits per heavy atom. The van der Waals surface area contributed by atoms with Gasteiger partial charge in [-0.15, -0.1) is 0 Å². The second-order valence-corrected chi connectivity index (χ2v) is 4.76. The van der Waals surface area contributed by atoms with Gasteiger partial charge in [0.1, 0.15) is 0 Å². The van der Waals surface area contributed by atoms with Crippen LogP contribution in [0.1, 0.15) is 39.2 Å². The lowest BCUT2D eigenvalue weighted by molar-refractivity contribution is 0.123. The summed E-state index contributed by atoms with van der Waals surface area (Å²) < 4.78 is 7.75. The number of rotatable bonds is 9. The van der Waals surface area contributed by atoms with Crippen LogP contribution in [0, 0.1) is 0 Å². The molecular weight excluding hydrogens is 212 g/mol. The Balaban J connectivity index is 2.17. The number of hydrogen-bond acceptors (Lipinski definition) is 2. The maximum Gasteiger partial charge on any atom is 0.0645 e. The molecule has 0 saturated heterocycles. The van der Waals surface area contributed by atoms with E-state index in [-0.39, 0.29) is 0 Å². The van der Waals surface area contributed by atoms with Crippen LogP contribution < -0.4 is 5.32 Å². The highest BCUT2D eigenvalue weighted by atomic mass is 16.5. The number of nitrogens with zero attached hydrogens (tertiary/aromatic N) is 1. The van der Waals surface area contributed by atoms with Crippen molar-refractivity contribution in [1.82, 2.24) is 9.88 Å². The molecule has 0 radical (unpaired) electrons. The van der Waals surface area contributed by atoms with E-state index < -0.39 is 0 Å². The van der Waals surface area contributed by atoms with Crippen LogP contribution >= 0.6 is 0 Å². The van der Waals surface area contributed by atoms with Crippen LogP contribution in [-0.4, -0.2) is 23.8 Å². The minimum Gasteiger partial charge on any atom is -0.380 e. The van der Waals surface area contributed by atoms with Gasteiger partial charge in [0.2, 0.25) is 0 Å². The van der Waals surface area contributed by atoms with Crippen molar-refractivity contribution in [2.24, 2.45) is 0 Å². The highest BCUT2D eigenvalue weighted by Gasteiger charge is 1.98. The van der Waals surface area contributed by atoms with Gasteiger partial charge in [-0.3, -0.25) is 0 Å². The van der Waals surface area contributed by atoms with Crippen LogP contribution in [0.3, 0.4) is 0 Å². The van der Waals surface area contributed by atoms with Gasteiger partial charge in [-0.25, -0.2) is 0 Å². The Labute approximate surface area is 105 Å². The Kier molecular flexibility index (Phi) is 6.97. The number of hydrogen-bond donors (Lipinski definition) is 1. The molecule has 3 heteroatoms. The number of aromatic nitrogens is 1. The van der Waals surface area contributed by atoms with Crippen molar-refractivity contribution in [3.63, 3.8) is 0 Å². The predicted molar refractivity (Wildman–Crippen MR) is 72.1 cm³/mol. The Morgan fingerprint density at radius 2 is 2.18 bits per heavy atom. The first kappa shape index (κ1) is 14.3. The highest BCUT2D eigenvalue weighted by Crippen LogP contribution is 2.01. The smallest absolute Gasteiger partial charge is 0.0645 e. The van der Waals surface area contributed by atoms with Crippen molar-refractivity contribution < 1.29 is 4.74 Å². The average Bonchev–Trinajstić information content (AvgIpc) is 2.74. The largest absolute Gasteiger partial charge is 0.380 e. The lowest BCUT2D eigenvalue weighted by Gasteiger charge is -2.06. The summed E-state index contributed by atoms with van der Waals surface area (Å²) in [4.78, 5) is 0. The van der Waals surface area contributed by atoms with Crippen LogP contribution in [0.4, 0.5) is 0 Å². The second kappa shape index (κ2) is 8.31. The van der Waals surface area contributed by atoms with E-state index >= 15 is 0 Å². The molecule has 98 valence electrons. The van der Waals surface area contributed by atoms with Crippen molar-refractivity contribution in [3.05, 3.63) is 24.0 Å². The average molecular weight is 238 g/mol. The van der Waals surface area contributed by atoms with Crippen molar-refractivity contribution in [1.29, 1.82) is 0 Å². The normalized spacial score (nSPS) is 11.3. The SMILES string of the molecule is CCCCOCCn1ccc(CNC(C)C)c1. The van der Waals surface area contributed by atoms with Gasteiger partial charge in [-0.2, -0.15) is 0 Å². The van der Waals surface area contributed by atoms with E-state index in [4.69, 9.17) is 4.74 Å². The molecule has 3 nitrogen and oxygen atoms in total. The number of nitrogens with one attached hydrogen (secondary N) is 1. The summed E-state index contributed by atoms with van der Waals surface area (Å²) in [6.07, 6.45) is 6.68. The predicted octanol–water partition coefficient (Wildman–Crippen LogP) is 2.80. The number of ether oxygens (including phenoxy) is 1. The fourth-order valence-corrected chi connectivity index (χ4v) is 1.57. The lowest BCUT2D eigenvalue weighted by atomic mass is 10.3. The zero-order valence-electron chi connectivity index (χ0n) is 11.4. The fraction of sp³-hybridized carbons (Fsp3) is 0.714. The second-order valence-electron chi connectivity index (χ2n) is 4.76. The maximum atomic E-state index is 5.55. The summed E-state index contributed by atoms with van der Waals surface area (Å²) in [5.74, 6) is 0. The lowest BCUT2D eigenvalue weighted by Crippen LogP contribution is -2.21. The molecule has 0 atom stereocenters. The quantitative estimate of drug-likeness (QED) is 0.670. The molecule has 0 saturated carbocycles. The third kappa shape index (κ3) is 6.49. The summed E-state index contributed by atoms with van der Waals surface area (Å²) in [7, 11) is 0. The van der Waals surface area contributed by atoms with Gasteiger partial charge in [-0.1, -0.05) is 27.2 Å². The van der Waals surface area contributed by atoms with E-state index in [9.17, 15) is 0 Å². The first-order chi connectivity index (χ1) is 8.22. The molecule has 0 aliphatic rings. The van der Waals surface area contributed by atoms with Crippen LogP contribution in [0.15, 0.2) is 18.5 Å². The van der Waals surface area contributed by atoms with E-state index in [0.29, 0.717) is 6.04 Å². The maximum absolute atomic E-state index is 5.55. The summed E-state index contributed by atoms with van der Waals surface area (Å²) in [5, 5.41) is 3.41. The summed E-state index contributed by atoms with van der Waals surface area (Å²) >= 11 is 0. The van der Waals surface area contributed by atoms with Crippen LogP contribution in [0.5, 0.6) is 0 Å². The van der Waals surface area contributed by atoms with Gasteiger partial charge in [0.05, 0.1) is 6.61 Å². The first-order valence-electron chi connectivity index (χ1n) is 6.68. The summed E-state index contributed by atoms with van der Waals surface area (Å²) in [6, 6.07) is 2.71. The molecular formula is C14H26N2O. The molecule has 1 rings (SSSR count). The summed E-state index contributed by atoms with van der Waals surface area (Å²) in [5.41, 5.74) is 1.34. The molecule has 1 heterocycles. The van der Waals surface area contributed by atoms with Gasteiger partial charge in [0, 0.05) is 38.1 Å². The van der Waals surface area contributed by atoms with E-state index in [1.165, 1.54) is 12.0 Å². The third-order valence-corrected chi connectivity index (χ3v) is 2.66. The van der Waals surface area contributed by atoms with Gasteiger partial charge in [-0.05, 0) is 18.1 Å². The molecule has 0 aromatic carbocycles. The molecule has 1 aromatic heterocycles. The van der Waals surface area contributed by atoms with E-state index in [1.807, 2.05) is 0 Å². The van der Waals surface area contributed by atoms with Crippen molar-refractivity contribution in [3.8, 4) is 0 Å². The molecule has 17 heavy (non-hydrogen) atoms. The Hall–Kier alpha value is -0.800. The molecule has 0 spiro atoms. The fourth-order valence-electron chi connectivity index (χ4n) is 1.57. The molecule has 0 amide bonds.